The lowest BCUT2D eigenvalue weighted by atomic mass is 10.2. The average molecular weight is 339 g/mol. The molecule has 0 N–H and O–H groups in total. The first-order valence-electron chi connectivity index (χ1n) is 6.04. The van der Waals surface area contributed by atoms with Crippen molar-refractivity contribution in [2.75, 3.05) is 31.6 Å². The molecule has 21 heavy (non-hydrogen) atoms. The molecule has 1 aromatic rings. The van der Waals surface area contributed by atoms with Crippen molar-refractivity contribution in [2.24, 2.45) is 0 Å². The molecule has 1 aromatic carbocycles. The van der Waals surface area contributed by atoms with Crippen LogP contribution in [0.3, 0.4) is 0 Å². The molecule has 0 aromatic heterocycles. The first kappa shape index (κ1) is 16.0. The smallest absolute Gasteiger partial charge is 0.359 e. The maximum atomic E-state index is 13.2. The fourth-order valence-electron chi connectivity index (χ4n) is 2.03. The van der Waals surface area contributed by atoms with Gasteiger partial charge in [-0.2, -0.15) is 8.78 Å². The summed E-state index contributed by atoms with van der Waals surface area (Å²) in [6.45, 7) is 0.657. The van der Waals surface area contributed by atoms with Gasteiger partial charge in [-0.15, -0.1) is 0 Å². The molecule has 5 nitrogen and oxygen atoms in total. The number of nitrogens with zero attached hydrogens (tertiary/aromatic N) is 2. The van der Waals surface area contributed by atoms with E-state index in [1.807, 2.05) is 0 Å². The van der Waals surface area contributed by atoms with E-state index in [0.717, 1.165) is 6.07 Å². The molecular weight excluding hydrogens is 326 g/mol. The van der Waals surface area contributed by atoms with Gasteiger partial charge in [-0.3, -0.25) is 4.79 Å². The number of hydrogen-bond acceptors (Lipinski definition) is 4. The molecule has 1 heterocycles. The van der Waals surface area contributed by atoms with Crippen molar-refractivity contribution in [3.63, 3.8) is 0 Å². The number of alkyl halides is 3. The maximum absolute atomic E-state index is 13.2. The van der Waals surface area contributed by atoms with Crippen molar-refractivity contribution in [3.05, 3.63) is 24.3 Å². The zero-order valence-corrected chi connectivity index (χ0v) is 12.7. The Morgan fingerprint density at radius 1 is 1.24 bits per heavy atom. The summed E-state index contributed by atoms with van der Waals surface area (Å²) in [6, 6.07) is 5.29. The number of hydrogen-bond donors (Lipinski definition) is 0. The topological polar surface area (TPSA) is 57.7 Å². The van der Waals surface area contributed by atoms with E-state index in [0.29, 0.717) is 13.1 Å². The van der Waals surface area contributed by atoms with Crippen molar-refractivity contribution in [3.8, 4) is 0 Å². The van der Waals surface area contributed by atoms with Crippen LogP contribution < -0.4 is 4.90 Å². The van der Waals surface area contributed by atoms with E-state index >= 15 is 0 Å². The molecule has 116 valence electrons. The SMILES string of the molecule is CN1CCN(c2ccccc2S(=O)(=O)C(F)(F)Cl)CC1=O. The molecule has 0 bridgehead atoms. The van der Waals surface area contributed by atoms with E-state index in [4.69, 9.17) is 11.6 Å². The van der Waals surface area contributed by atoms with Crippen molar-refractivity contribution >= 4 is 33.0 Å². The first-order valence-corrected chi connectivity index (χ1v) is 7.90. The lowest BCUT2D eigenvalue weighted by molar-refractivity contribution is -0.129. The minimum atomic E-state index is -5.02. The van der Waals surface area contributed by atoms with E-state index in [2.05, 4.69) is 0 Å². The van der Waals surface area contributed by atoms with Gasteiger partial charge in [0.05, 0.1) is 17.1 Å². The van der Waals surface area contributed by atoms with Gasteiger partial charge in [-0.25, -0.2) is 8.42 Å². The van der Waals surface area contributed by atoms with Crippen molar-refractivity contribution in [2.45, 2.75) is 9.61 Å². The summed E-state index contributed by atoms with van der Waals surface area (Å²) in [5.74, 6) is -0.217. The number of piperazine rings is 1. The average Bonchev–Trinajstić information content (AvgIpc) is 2.40. The number of carbonyl (C=O) groups is 1. The number of para-hydroxylation sites is 1. The lowest BCUT2D eigenvalue weighted by Crippen LogP contribution is -2.49. The summed E-state index contributed by atoms with van der Waals surface area (Å²) >= 11 is 4.71. The zero-order valence-electron chi connectivity index (χ0n) is 11.1. The second-order valence-corrected chi connectivity index (χ2v) is 7.31. The molecule has 0 aliphatic carbocycles. The van der Waals surface area contributed by atoms with Crippen LogP contribution in [0.25, 0.3) is 0 Å². The van der Waals surface area contributed by atoms with E-state index in [-0.39, 0.29) is 18.1 Å². The minimum absolute atomic E-state index is 0.0549. The lowest BCUT2D eigenvalue weighted by Gasteiger charge is -2.34. The highest BCUT2D eigenvalue weighted by atomic mass is 35.5. The first-order chi connectivity index (χ1) is 9.64. The van der Waals surface area contributed by atoms with E-state index in [9.17, 15) is 22.0 Å². The number of amides is 1. The van der Waals surface area contributed by atoms with Crippen molar-refractivity contribution in [1.82, 2.24) is 4.90 Å². The number of carbonyl (C=O) groups excluding carboxylic acids is 1. The third-order valence-electron chi connectivity index (χ3n) is 3.26. The molecule has 1 amide bonds. The van der Waals surface area contributed by atoms with Gasteiger partial charge >= 0.3 is 4.71 Å². The second kappa shape index (κ2) is 5.42. The molecule has 1 aliphatic rings. The highest BCUT2D eigenvalue weighted by molar-refractivity contribution is 7.93. The quantitative estimate of drug-likeness (QED) is 0.784. The van der Waals surface area contributed by atoms with Crippen LogP contribution >= 0.6 is 11.6 Å². The summed E-state index contributed by atoms with van der Waals surface area (Å²) < 4.78 is 45.6. The van der Waals surface area contributed by atoms with E-state index in [1.165, 1.54) is 28.0 Å². The van der Waals surface area contributed by atoms with Crippen LogP contribution in [-0.4, -0.2) is 50.6 Å². The number of anilines is 1. The minimum Gasteiger partial charge on any atom is -0.359 e. The van der Waals surface area contributed by atoms with E-state index in [1.54, 1.807) is 7.05 Å². The Bertz CT molecular complexity index is 661. The van der Waals surface area contributed by atoms with Crippen LogP contribution in [0.5, 0.6) is 0 Å². The maximum Gasteiger partial charge on any atom is 0.427 e. The number of benzene rings is 1. The molecule has 0 atom stereocenters. The Kier molecular flexibility index (Phi) is 4.12. The predicted molar refractivity (Wildman–Crippen MR) is 74.3 cm³/mol. The van der Waals surface area contributed by atoms with Gasteiger partial charge in [-0.1, -0.05) is 12.1 Å². The summed E-state index contributed by atoms with van der Waals surface area (Å²) in [5, 5.41) is 0. The summed E-state index contributed by atoms with van der Waals surface area (Å²) in [6.07, 6.45) is 0. The van der Waals surface area contributed by atoms with Crippen LogP contribution in [0.4, 0.5) is 14.5 Å². The zero-order chi connectivity index (χ0) is 15.8. The van der Waals surface area contributed by atoms with Crippen molar-refractivity contribution < 1.29 is 22.0 Å². The summed E-state index contributed by atoms with van der Waals surface area (Å²) in [4.78, 5) is 14.1. The number of rotatable bonds is 3. The Hall–Kier alpha value is -1.41. The molecule has 2 rings (SSSR count). The van der Waals surface area contributed by atoms with Gasteiger partial charge in [0.1, 0.15) is 0 Å². The fraction of sp³-hybridized carbons (Fsp3) is 0.417. The van der Waals surface area contributed by atoms with Crippen LogP contribution in [0.2, 0.25) is 0 Å². The van der Waals surface area contributed by atoms with Crippen LogP contribution in [0.1, 0.15) is 0 Å². The molecule has 0 radical (unpaired) electrons. The van der Waals surface area contributed by atoms with Crippen LogP contribution in [0, 0.1) is 0 Å². The van der Waals surface area contributed by atoms with E-state index < -0.39 is 19.4 Å². The third-order valence-corrected chi connectivity index (χ3v) is 5.40. The fourth-order valence-corrected chi connectivity index (χ4v) is 3.26. The summed E-state index contributed by atoms with van der Waals surface area (Å²) in [5.41, 5.74) is 0.0549. The van der Waals surface area contributed by atoms with Gasteiger partial charge in [-0.05, 0) is 23.7 Å². The largest absolute Gasteiger partial charge is 0.427 e. The third kappa shape index (κ3) is 2.96. The monoisotopic (exact) mass is 338 g/mol. The van der Waals surface area contributed by atoms with Gasteiger partial charge in [0.25, 0.3) is 9.84 Å². The standard InChI is InChI=1S/C12H13ClF2N2O3S/c1-16-6-7-17(8-11(16)18)9-4-2-3-5-10(9)21(19,20)12(13,14)15/h2-5H,6-8H2,1H3. The van der Waals surface area contributed by atoms with Crippen LogP contribution in [-0.2, 0) is 14.6 Å². The van der Waals surface area contributed by atoms with Gasteiger partial charge < -0.3 is 9.80 Å². The number of sulfone groups is 1. The Labute approximate surface area is 126 Å². The molecule has 1 aliphatic heterocycles. The van der Waals surface area contributed by atoms with Gasteiger partial charge in [0.15, 0.2) is 0 Å². The normalized spacial score (nSPS) is 17.2. The Morgan fingerprint density at radius 2 is 1.86 bits per heavy atom. The summed E-state index contributed by atoms with van der Waals surface area (Å²) in [7, 11) is -3.40. The van der Waals surface area contributed by atoms with Crippen molar-refractivity contribution in [1.29, 1.82) is 0 Å². The van der Waals surface area contributed by atoms with Crippen LogP contribution in [0.15, 0.2) is 29.2 Å². The molecule has 1 fully saturated rings. The Morgan fingerprint density at radius 3 is 2.43 bits per heavy atom. The molecular formula is C12H13ClF2N2O3S. The number of halogens is 3. The highest BCUT2D eigenvalue weighted by Crippen LogP contribution is 2.37. The van der Waals surface area contributed by atoms with Gasteiger partial charge in [0, 0.05) is 20.1 Å². The molecule has 1 saturated heterocycles. The molecule has 9 heteroatoms. The highest BCUT2D eigenvalue weighted by Gasteiger charge is 2.45. The second-order valence-electron chi connectivity index (χ2n) is 4.65. The number of likely N-dealkylation sites (N-methyl/N-ethyl adjacent to an activating group) is 1. The Balaban J connectivity index is 2.46. The van der Waals surface area contributed by atoms with Gasteiger partial charge in [0.2, 0.25) is 5.91 Å². The molecule has 0 saturated carbocycles. The molecule has 0 spiro atoms. The molecule has 0 unspecified atom stereocenters. The predicted octanol–water partition coefficient (Wildman–Crippen LogP) is 1.53.